The Labute approximate surface area is 229 Å². The van der Waals surface area contributed by atoms with Gasteiger partial charge in [0.15, 0.2) is 0 Å². The number of rotatable bonds is 9. The van der Waals surface area contributed by atoms with Crippen molar-refractivity contribution in [2.24, 2.45) is 0 Å². The van der Waals surface area contributed by atoms with Gasteiger partial charge in [-0.05, 0) is 76.1 Å². The van der Waals surface area contributed by atoms with E-state index in [-0.39, 0.29) is 24.5 Å². The fourth-order valence-electron chi connectivity index (χ4n) is 4.38. The third-order valence-electron chi connectivity index (χ3n) is 6.34. The van der Waals surface area contributed by atoms with Crippen molar-refractivity contribution in [1.29, 1.82) is 0 Å². The number of benzene rings is 3. The summed E-state index contributed by atoms with van der Waals surface area (Å²) in [6, 6.07) is 24.3. The quantitative estimate of drug-likeness (QED) is 0.263. The maximum absolute atomic E-state index is 13.5. The molecule has 0 fully saturated rings. The van der Waals surface area contributed by atoms with Gasteiger partial charge in [-0.15, -0.1) is 0 Å². The summed E-state index contributed by atoms with van der Waals surface area (Å²) in [5.41, 5.74) is 5.07. The molecule has 8 heteroatoms. The predicted molar refractivity (Wildman–Crippen MR) is 156 cm³/mol. The molecule has 0 spiro atoms. The lowest BCUT2D eigenvalue weighted by atomic mass is 10.1. The second-order valence-corrected chi connectivity index (χ2v) is 9.53. The fourth-order valence-corrected chi connectivity index (χ4v) is 4.38. The maximum Gasteiger partial charge on any atom is 0.322 e. The Morgan fingerprint density at radius 1 is 0.923 bits per heavy atom. The Morgan fingerprint density at radius 3 is 2.23 bits per heavy atom. The van der Waals surface area contributed by atoms with Crippen LogP contribution in [0, 0.1) is 13.8 Å². The number of aromatic nitrogens is 2. The minimum absolute atomic E-state index is 0.132. The van der Waals surface area contributed by atoms with Crippen molar-refractivity contribution in [2.45, 2.75) is 40.7 Å². The summed E-state index contributed by atoms with van der Waals surface area (Å²) in [5.74, 6) is 0.969. The number of carbonyl (C=O) groups excluding carboxylic acids is 2. The second kappa shape index (κ2) is 12.3. The maximum atomic E-state index is 13.5. The number of nitrogens with zero attached hydrogens (tertiary/aromatic N) is 3. The molecule has 0 unspecified atom stereocenters. The van der Waals surface area contributed by atoms with Crippen LogP contribution in [0.15, 0.2) is 78.9 Å². The summed E-state index contributed by atoms with van der Waals surface area (Å²) >= 11 is 0. The molecule has 0 saturated carbocycles. The van der Waals surface area contributed by atoms with Crippen LogP contribution >= 0.6 is 0 Å². The zero-order valence-corrected chi connectivity index (χ0v) is 23.1. The normalized spacial score (nSPS) is 10.8. The number of hydrogen-bond acceptors (Lipinski definition) is 4. The lowest BCUT2D eigenvalue weighted by Gasteiger charge is -2.26. The van der Waals surface area contributed by atoms with Crippen molar-refractivity contribution in [3.05, 3.63) is 90.1 Å². The highest BCUT2D eigenvalue weighted by molar-refractivity contribution is 5.99. The molecular formula is C31H35N5O3. The number of urea groups is 1. The summed E-state index contributed by atoms with van der Waals surface area (Å²) in [6.45, 7) is 10.0. The molecular weight excluding hydrogens is 490 g/mol. The molecule has 39 heavy (non-hydrogen) atoms. The van der Waals surface area contributed by atoms with Crippen LogP contribution in [0.2, 0.25) is 0 Å². The highest BCUT2D eigenvalue weighted by atomic mass is 16.5. The van der Waals surface area contributed by atoms with Crippen LogP contribution in [0.4, 0.5) is 16.3 Å². The minimum Gasteiger partial charge on any atom is -0.494 e. The average Bonchev–Trinajstić information content (AvgIpc) is 3.24. The summed E-state index contributed by atoms with van der Waals surface area (Å²) in [7, 11) is 0. The van der Waals surface area contributed by atoms with Crippen LogP contribution in [-0.2, 0) is 4.79 Å². The Morgan fingerprint density at radius 2 is 1.59 bits per heavy atom. The highest BCUT2D eigenvalue weighted by Gasteiger charge is 2.24. The number of nitrogens with one attached hydrogen (secondary N) is 2. The molecule has 3 amide bonds. The highest BCUT2D eigenvalue weighted by Crippen LogP contribution is 2.34. The molecule has 0 atom stereocenters. The van der Waals surface area contributed by atoms with E-state index in [1.54, 1.807) is 28.9 Å². The molecule has 202 valence electrons. The van der Waals surface area contributed by atoms with Gasteiger partial charge in [-0.3, -0.25) is 4.79 Å². The fraction of sp³-hybridized carbons (Fsp3) is 0.258. The van der Waals surface area contributed by atoms with Gasteiger partial charge in [0.1, 0.15) is 18.1 Å². The zero-order valence-electron chi connectivity index (χ0n) is 23.1. The molecule has 3 aromatic carbocycles. The number of hydrogen-bond donors (Lipinski definition) is 2. The molecule has 0 aliphatic heterocycles. The lowest BCUT2D eigenvalue weighted by molar-refractivity contribution is -0.117. The molecule has 0 aliphatic carbocycles. The first-order chi connectivity index (χ1) is 18.8. The zero-order chi connectivity index (χ0) is 27.9. The van der Waals surface area contributed by atoms with Crippen molar-refractivity contribution in [2.75, 3.05) is 23.8 Å². The van der Waals surface area contributed by atoms with Gasteiger partial charge >= 0.3 is 6.03 Å². The smallest absolute Gasteiger partial charge is 0.322 e. The molecule has 1 heterocycles. The standard InChI is InChI=1S/C31H35N5O3/c1-6-39-26-18-16-25(17-19-26)32-31(38)35(21(2)3)20-28(37)33-30-29(24-13-8-7-9-14-24)23(5)34-36(30)27-15-11-10-12-22(27)4/h7-19,21H,6,20H2,1-5H3,(H,32,38)(H,33,37). The van der Waals surface area contributed by atoms with Gasteiger partial charge in [-0.25, -0.2) is 9.48 Å². The molecule has 0 aliphatic rings. The molecule has 1 aromatic heterocycles. The topological polar surface area (TPSA) is 88.5 Å². The van der Waals surface area contributed by atoms with E-state index < -0.39 is 0 Å². The summed E-state index contributed by atoms with van der Waals surface area (Å²) in [5, 5.41) is 10.8. The Balaban J connectivity index is 1.60. The number of amides is 3. The molecule has 0 bridgehead atoms. The third-order valence-corrected chi connectivity index (χ3v) is 6.34. The van der Waals surface area contributed by atoms with E-state index in [0.29, 0.717) is 18.1 Å². The van der Waals surface area contributed by atoms with E-state index in [2.05, 4.69) is 10.6 Å². The van der Waals surface area contributed by atoms with E-state index in [9.17, 15) is 9.59 Å². The number of anilines is 2. The SMILES string of the molecule is CCOc1ccc(NC(=O)N(CC(=O)Nc2c(-c3ccccc3)c(C)nn2-c2ccccc2C)C(C)C)cc1. The van der Waals surface area contributed by atoms with Crippen LogP contribution in [-0.4, -0.2) is 45.8 Å². The van der Waals surface area contributed by atoms with Crippen molar-refractivity contribution < 1.29 is 14.3 Å². The van der Waals surface area contributed by atoms with Crippen molar-refractivity contribution in [3.63, 3.8) is 0 Å². The largest absolute Gasteiger partial charge is 0.494 e. The Kier molecular flexibility index (Phi) is 8.66. The first-order valence-corrected chi connectivity index (χ1v) is 13.1. The first-order valence-electron chi connectivity index (χ1n) is 13.1. The number of para-hydroxylation sites is 1. The van der Waals surface area contributed by atoms with Crippen LogP contribution in [0.1, 0.15) is 32.0 Å². The third kappa shape index (κ3) is 6.46. The van der Waals surface area contributed by atoms with E-state index in [1.807, 2.05) is 89.2 Å². The van der Waals surface area contributed by atoms with Gasteiger partial charge in [0.05, 0.1) is 18.0 Å². The molecule has 0 radical (unpaired) electrons. The first kappa shape index (κ1) is 27.4. The van der Waals surface area contributed by atoms with Gasteiger partial charge in [0.25, 0.3) is 0 Å². The Bertz CT molecular complexity index is 1430. The van der Waals surface area contributed by atoms with Crippen LogP contribution < -0.4 is 15.4 Å². The summed E-state index contributed by atoms with van der Waals surface area (Å²) < 4.78 is 7.24. The van der Waals surface area contributed by atoms with Gasteiger partial charge in [-0.1, -0.05) is 48.5 Å². The van der Waals surface area contributed by atoms with E-state index in [0.717, 1.165) is 33.8 Å². The van der Waals surface area contributed by atoms with E-state index >= 15 is 0 Å². The minimum atomic E-state index is -0.365. The Hall–Kier alpha value is -4.59. The monoisotopic (exact) mass is 525 g/mol. The second-order valence-electron chi connectivity index (χ2n) is 9.53. The van der Waals surface area contributed by atoms with Crippen LogP contribution in [0.3, 0.4) is 0 Å². The predicted octanol–water partition coefficient (Wildman–Crippen LogP) is 6.44. The van der Waals surface area contributed by atoms with E-state index in [1.165, 1.54) is 4.90 Å². The van der Waals surface area contributed by atoms with Gasteiger partial charge in [0, 0.05) is 17.3 Å². The molecule has 8 nitrogen and oxygen atoms in total. The molecule has 0 saturated heterocycles. The van der Waals surface area contributed by atoms with Gasteiger partial charge < -0.3 is 20.3 Å². The number of carbonyl (C=O) groups is 2. The van der Waals surface area contributed by atoms with E-state index in [4.69, 9.17) is 9.84 Å². The number of aryl methyl sites for hydroxylation is 2. The molecule has 4 aromatic rings. The van der Waals surface area contributed by atoms with Crippen molar-refractivity contribution >= 4 is 23.4 Å². The average molecular weight is 526 g/mol. The number of ether oxygens (including phenoxy) is 1. The van der Waals surface area contributed by atoms with Crippen LogP contribution in [0.5, 0.6) is 5.75 Å². The van der Waals surface area contributed by atoms with Crippen molar-refractivity contribution in [1.82, 2.24) is 14.7 Å². The summed E-state index contributed by atoms with van der Waals surface area (Å²) in [6.07, 6.45) is 0. The summed E-state index contributed by atoms with van der Waals surface area (Å²) in [4.78, 5) is 28.1. The molecule has 4 rings (SSSR count). The molecule has 2 N–H and O–H groups in total. The van der Waals surface area contributed by atoms with Crippen LogP contribution in [0.25, 0.3) is 16.8 Å². The van der Waals surface area contributed by atoms with Gasteiger partial charge in [-0.2, -0.15) is 5.10 Å². The van der Waals surface area contributed by atoms with Gasteiger partial charge in [0.2, 0.25) is 5.91 Å². The van der Waals surface area contributed by atoms with Crippen molar-refractivity contribution in [3.8, 4) is 22.6 Å². The lowest BCUT2D eigenvalue weighted by Crippen LogP contribution is -2.44.